The van der Waals surface area contributed by atoms with Crippen LogP contribution in [0.3, 0.4) is 0 Å². The van der Waals surface area contributed by atoms with Crippen molar-refractivity contribution in [2.75, 3.05) is 0 Å². The zero-order chi connectivity index (χ0) is 18.5. The van der Waals surface area contributed by atoms with E-state index in [9.17, 15) is 0 Å². The summed E-state index contributed by atoms with van der Waals surface area (Å²) in [5, 5.41) is 0. The Morgan fingerprint density at radius 1 is 0.542 bits per heavy atom. The van der Waals surface area contributed by atoms with Crippen molar-refractivity contribution in [1.29, 1.82) is 0 Å². The average Bonchev–Trinajstić information content (AvgIpc) is 2.35. The van der Waals surface area contributed by atoms with Gasteiger partial charge < -0.3 is 16.5 Å². The summed E-state index contributed by atoms with van der Waals surface area (Å²) in [6.45, 7) is 23.9. The van der Waals surface area contributed by atoms with Crippen LogP contribution in [0.15, 0.2) is 50.6 Å². The molecular weight excluding hydrogens is 369 g/mol. The van der Waals surface area contributed by atoms with E-state index in [0.29, 0.717) is 24.2 Å². The Balaban J connectivity index is 3.42. The fourth-order valence-electron chi connectivity index (χ4n) is 3.29. The highest BCUT2D eigenvalue weighted by atomic mass is 28.5. The Bertz CT molecular complexity index is 428. The SMILES string of the molecule is C=CC[Si]1(CC=C)O[Si](C)(C)O[Si](C)(C)O[Si](CC=C)(CC=C)O1. The second-order valence-electron chi connectivity index (χ2n) is 7.00. The fraction of sp³-hybridized carbons (Fsp3) is 0.500. The lowest BCUT2D eigenvalue weighted by Gasteiger charge is -2.50. The Morgan fingerprint density at radius 3 is 1.08 bits per heavy atom. The van der Waals surface area contributed by atoms with E-state index >= 15 is 0 Å². The molecule has 0 saturated carbocycles. The van der Waals surface area contributed by atoms with Crippen LogP contribution in [-0.2, 0) is 16.5 Å². The smallest absolute Gasteiger partial charge is 0.328 e. The van der Waals surface area contributed by atoms with Gasteiger partial charge in [0, 0.05) is 24.2 Å². The van der Waals surface area contributed by atoms with Gasteiger partial charge in [0.2, 0.25) is 0 Å². The van der Waals surface area contributed by atoms with Gasteiger partial charge in [-0.25, -0.2) is 0 Å². The van der Waals surface area contributed by atoms with Gasteiger partial charge in [-0.3, -0.25) is 0 Å². The molecule has 0 bridgehead atoms. The molecule has 0 amide bonds. The van der Waals surface area contributed by atoms with Crippen molar-refractivity contribution in [3.63, 3.8) is 0 Å². The molecule has 1 aliphatic rings. The Morgan fingerprint density at radius 2 is 0.833 bits per heavy atom. The van der Waals surface area contributed by atoms with Crippen molar-refractivity contribution in [1.82, 2.24) is 0 Å². The summed E-state index contributed by atoms with van der Waals surface area (Å²) in [5.74, 6) is 0. The second kappa shape index (κ2) is 8.37. The first-order valence-electron chi connectivity index (χ1n) is 8.31. The lowest BCUT2D eigenvalue weighted by atomic mass is 10.7. The molecule has 1 rings (SSSR count). The maximum atomic E-state index is 6.84. The molecule has 0 aromatic heterocycles. The summed E-state index contributed by atoms with van der Waals surface area (Å²) >= 11 is 0. The third kappa shape index (κ3) is 5.88. The molecule has 0 aromatic carbocycles. The van der Waals surface area contributed by atoms with Gasteiger partial charge in [0.05, 0.1) is 0 Å². The number of allylic oxidation sites excluding steroid dienone is 4. The van der Waals surface area contributed by atoms with Gasteiger partial charge in [-0.15, -0.1) is 26.3 Å². The zero-order valence-electron chi connectivity index (χ0n) is 15.6. The van der Waals surface area contributed by atoms with E-state index in [2.05, 4.69) is 52.5 Å². The highest BCUT2D eigenvalue weighted by Crippen LogP contribution is 2.38. The van der Waals surface area contributed by atoms with Gasteiger partial charge >= 0.3 is 34.2 Å². The maximum Gasteiger partial charge on any atom is 0.328 e. The minimum absolute atomic E-state index is 0.688. The Kier molecular flexibility index (Phi) is 7.57. The van der Waals surface area contributed by atoms with E-state index < -0.39 is 34.2 Å². The molecule has 1 aliphatic heterocycles. The van der Waals surface area contributed by atoms with Crippen LogP contribution < -0.4 is 0 Å². The van der Waals surface area contributed by atoms with Gasteiger partial charge in [0.1, 0.15) is 0 Å². The minimum Gasteiger partial charge on any atom is -0.416 e. The van der Waals surface area contributed by atoms with E-state index in [1.54, 1.807) is 0 Å². The van der Waals surface area contributed by atoms with Crippen molar-refractivity contribution in [3.05, 3.63) is 50.6 Å². The van der Waals surface area contributed by atoms with Crippen LogP contribution in [0, 0.1) is 0 Å². The molecular formula is C16H32O4Si4. The molecule has 0 unspecified atom stereocenters. The maximum absolute atomic E-state index is 6.84. The van der Waals surface area contributed by atoms with E-state index in [4.69, 9.17) is 16.5 Å². The minimum atomic E-state index is -2.61. The summed E-state index contributed by atoms with van der Waals surface area (Å²) in [7, 11) is -9.97. The lowest BCUT2D eigenvalue weighted by molar-refractivity contribution is 0.229. The molecule has 0 aliphatic carbocycles. The van der Waals surface area contributed by atoms with Crippen LogP contribution in [0.5, 0.6) is 0 Å². The largest absolute Gasteiger partial charge is 0.416 e. The monoisotopic (exact) mass is 400 g/mol. The molecule has 1 fully saturated rings. The van der Waals surface area contributed by atoms with E-state index in [1.165, 1.54) is 0 Å². The number of hydrogen-bond acceptors (Lipinski definition) is 4. The molecule has 0 spiro atoms. The highest BCUT2D eigenvalue weighted by Gasteiger charge is 2.56. The summed E-state index contributed by atoms with van der Waals surface area (Å²) in [6.07, 6.45) is 7.52. The third-order valence-corrected chi connectivity index (χ3v) is 21.0. The third-order valence-electron chi connectivity index (χ3n) is 3.55. The van der Waals surface area contributed by atoms with Crippen molar-refractivity contribution in [3.8, 4) is 0 Å². The van der Waals surface area contributed by atoms with Crippen LogP contribution in [0.25, 0.3) is 0 Å². The van der Waals surface area contributed by atoms with Crippen LogP contribution in [0.2, 0.25) is 50.4 Å². The number of hydrogen-bond donors (Lipinski definition) is 0. The van der Waals surface area contributed by atoms with Gasteiger partial charge in [0.25, 0.3) is 0 Å². The summed E-state index contributed by atoms with van der Waals surface area (Å²) < 4.78 is 26.6. The second-order valence-corrected chi connectivity index (χ2v) is 21.1. The van der Waals surface area contributed by atoms with Gasteiger partial charge in [-0.05, 0) is 26.2 Å². The van der Waals surface area contributed by atoms with Gasteiger partial charge in [-0.2, -0.15) is 0 Å². The summed E-state index contributed by atoms with van der Waals surface area (Å²) in [6, 6.07) is 2.75. The molecule has 8 heteroatoms. The van der Waals surface area contributed by atoms with Gasteiger partial charge in [-0.1, -0.05) is 24.3 Å². The molecule has 1 saturated heterocycles. The number of rotatable bonds is 8. The van der Waals surface area contributed by atoms with Crippen LogP contribution in [0.1, 0.15) is 0 Å². The standard InChI is InChI=1S/C16H32O4Si4/c1-9-13-23(14-10-2)18-21(5,6)17-22(7,8)19-24(20-23,15-11-3)16-12-4/h9-12H,1-4,13-16H2,5-8H3. The van der Waals surface area contributed by atoms with Crippen molar-refractivity contribution in [2.45, 2.75) is 50.4 Å². The predicted octanol–water partition coefficient (Wildman–Crippen LogP) is 5.10. The first-order chi connectivity index (χ1) is 11.1. The first-order valence-corrected chi connectivity index (χ1v) is 18.4. The van der Waals surface area contributed by atoms with E-state index in [0.717, 1.165) is 0 Å². The highest BCUT2D eigenvalue weighted by molar-refractivity contribution is 6.94. The van der Waals surface area contributed by atoms with Crippen molar-refractivity contribution >= 4 is 34.2 Å². The van der Waals surface area contributed by atoms with E-state index in [1.807, 2.05) is 24.3 Å². The molecule has 4 nitrogen and oxygen atoms in total. The Labute approximate surface area is 151 Å². The fourth-order valence-corrected chi connectivity index (χ4v) is 24.8. The average molecular weight is 401 g/mol. The quantitative estimate of drug-likeness (QED) is 0.419. The first kappa shape index (κ1) is 21.7. The molecule has 0 aromatic rings. The Hall–Kier alpha value is -0.332. The normalized spacial score (nSPS) is 24.2. The molecule has 0 atom stereocenters. The summed E-state index contributed by atoms with van der Waals surface area (Å²) in [4.78, 5) is 0. The van der Waals surface area contributed by atoms with Crippen molar-refractivity contribution < 1.29 is 16.5 Å². The lowest BCUT2D eigenvalue weighted by Crippen LogP contribution is -2.67. The van der Waals surface area contributed by atoms with E-state index in [-0.39, 0.29) is 0 Å². The molecule has 24 heavy (non-hydrogen) atoms. The van der Waals surface area contributed by atoms with Crippen LogP contribution >= 0.6 is 0 Å². The molecule has 0 radical (unpaired) electrons. The molecule has 1 heterocycles. The molecule has 136 valence electrons. The van der Waals surface area contributed by atoms with Gasteiger partial charge in [0.15, 0.2) is 0 Å². The summed E-state index contributed by atoms with van der Waals surface area (Å²) in [5.41, 5.74) is 0. The van der Waals surface area contributed by atoms with Crippen LogP contribution in [0.4, 0.5) is 0 Å². The van der Waals surface area contributed by atoms with Crippen LogP contribution in [-0.4, -0.2) is 34.2 Å². The zero-order valence-corrected chi connectivity index (χ0v) is 19.6. The molecule has 0 N–H and O–H groups in total. The predicted molar refractivity (Wildman–Crippen MR) is 111 cm³/mol. The topological polar surface area (TPSA) is 36.9 Å². The van der Waals surface area contributed by atoms with Crippen molar-refractivity contribution in [2.24, 2.45) is 0 Å².